The molecule has 1 atom stereocenters. The van der Waals surface area contributed by atoms with Gasteiger partial charge in [-0.1, -0.05) is 25.1 Å². The van der Waals surface area contributed by atoms with Crippen LogP contribution >= 0.6 is 11.8 Å². The maximum Gasteiger partial charge on any atom is 0.138 e. The summed E-state index contributed by atoms with van der Waals surface area (Å²) in [5, 5.41) is 7.67. The Morgan fingerprint density at radius 2 is 2.15 bits per heavy atom. The molecule has 20 heavy (non-hydrogen) atoms. The molecule has 0 saturated heterocycles. The summed E-state index contributed by atoms with van der Waals surface area (Å²) in [4.78, 5) is 5.67. The first-order chi connectivity index (χ1) is 9.70. The van der Waals surface area contributed by atoms with Gasteiger partial charge in [-0.15, -0.1) is 11.8 Å². The van der Waals surface area contributed by atoms with Crippen LogP contribution in [0.2, 0.25) is 0 Å². The van der Waals surface area contributed by atoms with Crippen LogP contribution in [-0.2, 0) is 13.5 Å². The summed E-state index contributed by atoms with van der Waals surface area (Å²) in [6.07, 6.45) is 2.52. The van der Waals surface area contributed by atoms with Crippen molar-refractivity contribution >= 4 is 11.8 Å². The molecule has 0 radical (unpaired) electrons. The molecule has 1 heterocycles. The fourth-order valence-electron chi connectivity index (χ4n) is 2.11. The monoisotopic (exact) mass is 290 g/mol. The summed E-state index contributed by atoms with van der Waals surface area (Å²) >= 11 is 1.90. The minimum Gasteiger partial charge on any atom is -0.313 e. The van der Waals surface area contributed by atoms with Crippen LogP contribution in [-0.4, -0.2) is 33.1 Å². The van der Waals surface area contributed by atoms with Crippen molar-refractivity contribution in [3.63, 3.8) is 0 Å². The number of aryl methyl sites for hydroxylation is 2. The number of benzene rings is 1. The number of hydrogen-bond acceptors (Lipinski definition) is 4. The quantitative estimate of drug-likeness (QED) is 0.795. The molecule has 0 aliphatic heterocycles. The van der Waals surface area contributed by atoms with E-state index in [1.807, 2.05) is 23.5 Å². The van der Waals surface area contributed by atoms with E-state index in [1.54, 1.807) is 6.33 Å². The Morgan fingerprint density at radius 1 is 1.35 bits per heavy atom. The van der Waals surface area contributed by atoms with E-state index in [9.17, 15) is 0 Å². The Labute approximate surface area is 125 Å². The smallest absolute Gasteiger partial charge is 0.138 e. The number of nitrogens with zero attached hydrogens (tertiary/aromatic N) is 3. The molecule has 0 bridgehead atoms. The van der Waals surface area contributed by atoms with Crippen molar-refractivity contribution < 1.29 is 0 Å². The summed E-state index contributed by atoms with van der Waals surface area (Å²) in [7, 11) is 1.94. The Hall–Kier alpha value is -1.33. The average Bonchev–Trinajstić information content (AvgIpc) is 2.83. The van der Waals surface area contributed by atoms with Crippen LogP contribution in [0.5, 0.6) is 0 Å². The van der Waals surface area contributed by atoms with Gasteiger partial charge in [0.25, 0.3) is 0 Å². The standard InChI is InChI=1S/C15H22N4S/c1-4-16-13(9-15-17-11-18-19(15)3)10-20-14-8-6-5-7-12(14)2/h5-8,11,13,16H,4,9-10H2,1-3H3. The third-order valence-electron chi connectivity index (χ3n) is 3.26. The molecule has 2 rings (SSSR count). The largest absolute Gasteiger partial charge is 0.313 e. The maximum absolute atomic E-state index is 4.31. The van der Waals surface area contributed by atoms with Gasteiger partial charge in [0, 0.05) is 30.2 Å². The van der Waals surface area contributed by atoms with Gasteiger partial charge in [0.05, 0.1) is 0 Å². The van der Waals surface area contributed by atoms with Crippen molar-refractivity contribution in [3.05, 3.63) is 42.0 Å². The molecule has 0 aliphatic carbocycles. The third kappa shape index (κ3) is 4.08. The molecule has 1 N–H and O–H groups in total. The van der Waals surface area contributed by atoms with Crippen molar-refractivity contribution in [2.45, 2.75) is 31.2 Å². The molecule has 4 nitrogen and oxygen atoms in total. The van der Waals surface area contributed by atoms with E-state index < -0.39 is 0 Å². The van der Waals surface area contributed by atoms with Gasteiger partial charge in [-0.3, -0.25) is 4.68 Å². The van der Waals surface area contributed by atoms with Crippen LogP contribution in [0.3, 0.4) is 0 Å². The van der Waals surface area contributed by atoms with Crippen LogP contribution in [0.4, 0.5) is 0 Å². The lowest BCUT2D eigenvalue weighted by atomic mass is 10.2. The van der Waals surface area contributed by atoms with Crippen molar-refractivity contribution in [2.75, 3.05) is 12.3 Å². The normalized spacial score (nSPS) is 12.6. The lowest BCUT2D eigenvalue weighted by Gasteiger charge is -2.17. The first-order valence-corrected chi connectivity index (χ1v) is 7.94. The van der Waals surface area contributed by atoms with E-state index in [0.717, 1.165) is 24.5 Å². The molecule has 1 aromatic heterocycles. The fourth-order valence-corrected chi connectivity index (χ4v) is 3.20. The van der Waals surface area contributed by atoms with Gasteiger partial charge in [-0.2, -0.15) is 5.10 Å². The highest BCUT2D eigenvalue weighted by molar-refractivity contribution is 7.99. The lowest BCUT2D eigenvalue weighted by Crippen LogP contribution is -2.34. The number of likely N-dealkylation sites (N-methyl/N-ethyl adjacent to an activating group) is 1. The molecule has 0 spiro atoms. The SMILES string of the molecule is CCNC(CSc1ccccc1C)Cc1ncnn1C. The van der Waals surface area contributed by atoms with Crippen molar-refractivity contribution in [2.24, 2.45) is 7.05 Å². The van der Waals surface area contributed by atoms with Crippen molar-refractivity contribution in [1.29, 1.82) is 0 Å². The lowest BCUT2D eigenvalue weighted by molar-refractivity contribution is 0.542. The van der Waals surface area contributed by atoms with E-state index in [4.69, 9.17) is 0 Å². The summed E-state index contributed by atoms with van der Waals surface area (Å²) in [6.45, 7) is 5.27. The van der Waals surface area contributed by atoms with Crippen LogP contribution < -0.4 is 5.32 Å². The van der Waals surface area contributed by atoms with Gasteiger partial charge in [0.15, 0.2) is 0 Å². The van der Waals surface area contributed by atoms with Crippen LogP contribution in [0, 0.1) is 6.92 Å². The second-order valence-electron chi connectivity index (χ2n) is 4.84. The summed E-state index contributed by atoms with van der Waals surface area (Å²) in [6, 6.07) is 8.94. The molecule has 0 fully saturated rings. The van der Waals surface area contributed by atoms with Crippen molar-refractivity contribution in [1.82, 2.24) is 20.1 Å². The van der Waals surface area contributed by atoms with Crippen LogP contribution in [0.25, 0.3) is 0 Å². The number of nitrogens with one attached hydrogen (secondary N) is 1. The van der Waals surface area contributed by atoms with Crippen LogP contribution in [0.15, 0.2) is 35.5 Å². The fraction of sp³-hybridized carbons (Fsp3) is 0.467. The summed E-state index contributed by atoms with van der Waals surface area (Å²) < 4.78 is 1.85. The van der Waals surface area contributed by atoms with Gasteiger partial charge in [0.1, 0.15) is 12.2 Å². The molecule has 0 amide bonds. The first kappa shape index (κ1) is 15.1. The maximum atomic E-state index is 4.31. The molecule has 0 aliphatic rings. The molecule has 2 aromatic rings. The summed E-state index contributed by atoms with van der Waals surface area (Å²) in [5.74, 6) is 2.06. The highest BCUT2D eigenvalue weighted by Gasteiger charge is 2.13. The zero-order valence-corrected chi connectivity index (χ0v) is 13.2. The molecule has 1 unspecified atom stereocenters. The zero-order chi connectivity index (χ0) is 14.4. The van der Waals surface area contributed by atoms with E-state index in [2.05, 4.69) is 53.5 Å². The molecule has 1 aromatic carbocycles. The molecular weight excluding hydrogens is 268 g/mol. The van der Waals surface area contributed by atoms with E-state index in [0.29, 0.717) is 6.04 Å². The predicted molar refractivity (Wildman–Crippen MR) is 84.1 cm³/mol. The van der Waals surface area contributed by atoms with Gasteiger partial charge in [0.2, 0.25) is 0 Å². The van der Waals surface area contributed by atoms with E-state index >= 15 is 0 Å². The van der Waals surface area contributed by atoms with Gasteiger partial charge < -0.3 is 5.32 Å². The Morgan fingerprint density at radius 3 is 2.80 bits per heavy atom. The second-order valence-corrected chi connectivity index (χ2v) is 5.90. The first-order valence-electron chi connectivity index (χ1n) is 6.95. The molecule has 108 valence electrons. The van der Waals surface area contributed by atoms with Gasteiger partial charge >= 0.3 is 0 Å². The highest BCUT2D eigenvalue weighted by atomic mass is 32.2. The number of thioether (sulfide) groups is 1. The predicted octanol–water partition coefficient (Wildman–Crippen LogP) is 2.44. The van der Waals surface area contributed by atoms with Gasteiger partial charge in [-0.05, 0) is 25.1 Å². The highest BCUT2D eigenvalue weighted by Crippen LogP contribution is 2.23. The third-order valence-corrected chi connectivity index (χ3v) is 4.60. The Balaban J connectivity index is 1.96. The topological polar surface area (TPSA) is 42.7 Å². The van der Waals surface area contributed by atoms with E-state index in [-0.39, 0.29) is 0 Å². The number of rotatable bonds is 7. The van der Waals surface area contributed by atoms with Crippen LogP contribution in [0.1, 0.15) is 18.3 Å². The van der Waals surface area contributed by atoms with Gasteiger partial charge in [-0.25, -0.2) is 4.98 Å². The number of hydrogen-bond donors (Lipinski definition) is 1. The Kier molecular flexibility index (Phi) is 5.61. The molecular formula is C15H22N4S. The zero-order valence-electron chi connectivity index (χ0n) is 12.3. The Bertz CT molecular complexity index is 538. The second kappa shape index (κ2) is 7.45. The van der Waals surface area contributed by atoms with E-state index in [1.165, 1.54) is 10.5 Å². The minimum absolute atomic E-state index is 0.410. The van der Waals surface area contributed by atoms with Crippen molar-refractivity contribution in [3.8, 4) is 0 Å². The summed E-state index contributed by atoms with van der Waals surface area (Å²) in [5.41, 5.74) is 1.34. The average molecular weight is 290 g/mol. The minimum atomic E-state index is 0.410. The molecule has 0 saturated carbocycles. The molecule has 5 heteroatoms. The number of aromatic nitrogens is 3.